The molecule has 0 amide bonds. The maximum Gasteiger partial charge on any atom is 0.0702 e. The summed E-state index contributed by atoms with van der Waals surface area (Å²) in [5, 5.41) is 0. The van der Waals surface area contributed by atoms with E-state index in [-0.39, 0.29) is 5.54 Å². The van der Waals surface area contributed by atoms with Crippen LogP contribution >= 0.6 is 0 Å². The SMILES string of the molecule is CCCOC1CCCN(C2(CN)CCN(C)C(C)C2)C1. The fourth-order valence-corrected chi connectivity index (χ4v) is 3.80. The Hall–Kier alpha value is -0.160. The Morgan fingerprint density at radius 1 is 1.35 bits per heavy atom. The number of hydrogen-bond donors (Lipinski definition) is 1. The van der Waals surface area contributed by atoms with E-state index in [0.717, 1.165) is 32.7 Å². The van der Waals surface area contributed by atoms with Crippen LogP contribution in [-0.4, -0.2) is 67.3 Å². The second kappa shape index (κ2) is 7.21. The highest BCUT2D eigenvalue weighted by atomic mass is 16.5. The lowest BCUT2D eigenvalue weighted by Gasteiger charge is -2.52. The topological polar surface area (TPSA) is 41.7 Å². The van der Waals surface area contributed by atoms with E-state index in [1.54, 1.807) is 0 Å². The lowest BCUT2D eigenvalue weighted by atomic mass is 9.81. The lowest BCUT2D eigenvalue weighted by Crippen LogP contribution is -2.63. The van der Waals surface area contributed by atoms with Crippen molar-refractivity contribution in [1.29, 1.82) is 0 Å². The fraction of sp³-hybridized carbons (Fsp3) is 1.00. The van der Waals surface area contributed by atoms with Gasteiger partial charge in [-0.05, 0) is 59.2 Å². The first kappa shape index (κ1) is 16.2. The number of nitrogens with zero attached hydrogens (tertiary/aromatic N) is 2. The Labute approximate surface area is 124 Å². The van der Waals surface area contributed by atoms with Crippen LogP contribution in [0.25, 0.3) is 0 Å². The number of piperidine rings is 2. The molecule has 2 saturated heterocycles. The van der Waals surface area contributed by atoms with Crippen LogP contribution in [-0.2, 0) is 4.74 Å². The Bertz CT molecular complexity index is 299. The minimum Gasteiger partial charge on any atom is -0.377 e. The molecule has 2 aliphatic rings. The molecule has 4 heteroatoms. The van der Waals surface area contributed by atoms with E-state index in [1.165, 1.54) is 32.2 Å². The molecule has 0 aliphatic carbocycles. The first-order valence-corrected chi connectivity index (χ1v) is 8.38. The van der Waals surface area contributed by atoms with Gasteiger partial charge in [0.05, 0.1) is 6.10 Å². The Balaban J connectivity index is 1.99. The zero-order chi connectivity index (χ0) is 14.6. The van der Waals surface area contributed by atoms with Gasteiger partial charge in [-0.15, -0.1) is 0 Å². The van der Waals surface area contributed by atoms with Crippen molar-refractivity contribution in [1.82, 2.24) is 9.80 Å². The molecule has 2 aliphatic heterocycles. The van der Waals surface area contributed by atoms with Crippen LogP contribution in [0.4, 0.5) is 0 Å². The van der Waals surface area contributed by atoms with E-state index in [1.807, 2.05) is 0 Å². The smallest absolute Gasteiger partial charge is 0.0702 e. The van der Waals surface area contributed by atoms with Gasteiger partial charge in [-0.1, -0.05) is 6.92 Å². The molecule has 0 bridgehead atoms. The Kier molecular flexibility index (Phi) is 5.84. The number of hydrogen-bond acceptors (Lipinski definition) is 4. The summed E-state index contributed by atoms with van der Waals surface area (Å²) in [6.45, 7) is 9.63. The third-order valence-electron chi connectivity index (χ3n) is 5.34. The Morgan fingerprint density at radius 2 is 2.15 bits per heavy atom. The number of ether oxygens (including phenoxy) is 1. The first-order valence-electron chi connectivity index (χ1n) is 8.38. The predicted molar refractivity (Wildman–Crippen MR) is 83.9 cm³/mol. The number of rotatable bonds is 5. The van der Waals surface area contributed by atoms with E-state index in [0.29, 0.717) is 12.1 Å². The zero-order valence-corrected chi connectivity index (χ0v) is 13.6. The van der Waals surface area contributed by atoms with Gasteiger partial charge in [0.2, 0.25) is 0 Å². The van der Waals surface area contributed by atoms with Crippen molar-refractivity contribution >= 4 is 0 Å². The average Bonchev–Trinajstić information content (AvgIpc) is 2.48. The van der Waals surface area contributed by atoms with Crippen molar-refractivity contribution in [2.24, 2.45) is 5.73 Å². The summed E-state index contributed by atoms with van der Waals surface area (Å²) in [5.74, 6) is 0. The average molecular weight is 283 g/mol. The highest BCUT2D eigenvalue weighted by Gasteiger charge is 2.42. The van der Waals surface area contributed by atoms with Crippen LogP contribution in [0.15, 0.2) is 0 Å². The Morgan fingerprint density at radius 3 is 2.80 bits per heavy atom. The van der Waals surface area contributed by atoms with Gasteiger partial charge < -0.3 is 15.4 Å². The van der Waals surface area contributed by atoms with Crippen molar-refractivity contribution in [2.75, 3.05) is 39.8 Å². The van der Waals surface area contributed by atoms with Crippen LogP contribution in [0, 0.1) is 0 Å². The predicted octanol–water partition coefficient (Wildman–Crippen LogP) is 1.69. The molecule has 0 aromatic rings. The van der Waals surface area contributed by atoms with E-state index in [4.69, 9.17) is 10.5 Å². The summed E-state index contributed by atoms with van der Waals surface area (Å²) in [7, 11) is 2.23. The lowest BCUT2D eigenvalue weighted by molar-refractivity contribution is -0.0597. The van der Waals surface area contributed by atoms with Crippen molar-refractivity contribution < 1.29 is 4.74 Å². The molecule has 4 nitrogen and oxygen atoms in total. The molecule has 3 unspecified atom stereocenters. The van der Waals surface area contributed by atoms with Crippen LogP contribution in [0.3, 0.4) is 0 Å². The third-order valence-corrected chi connectivity index (χ3v) is 5.34. The molecule has 3 atom stereocenters. The standard InChI is InChI=1S/C16H33N3O/c1-4-10-20-15-6-5-8-19(12-15)16(13-17)7-9-18(3)14(2)11-16/h14-15H,4-13,17H2,1-3H3. The van der Waals surface area contributed by atoms with E-state index >= 15 is 0 Å². The van der Waals surface area contributed by atoms with Crippen molar-refractivity contribution in [2.45, 2.75) is 63.6 Å². The van der Waals surface area contributed by atoms with Crippen molar-refractivity contribution in [3.05, 3.63) is 0 Å². The van der Waals surface area contributed by atoms with Crippen LogP contribution in [0.1, 0.15) is 46.0 Å². The summed E-state index contributed by atoms with van der Waals surface area (Å²) in [5.41, 5.74) is 6.43. The fourth-order valence-electron chi connectivity index (χ4n) is 3.80. The monoisotopic (exact) mass is 283 g/mol. The molecule has 2 fully saturated rings. The summed E-state index contributed by atoms with van der Waals surface area (Å²) >= 11 is 0. The molecule has 2 N–H and O–H groups in total. The van der Waals surface area contributed by atoms with Crippen LogP contribution < -0.4 is 5.73 Å². The molecule has 0 aromatic carbocycles. The summed E-state index contributed by atoms with van der Waals surface area (Å²) < 4.78 is 6.00. The van der Waals surface area contributed by atoms with Gasteiger partial charge in [0, 0.05) is 31.3 Å². The molecule has 0 aromatic heterocycles. The molecular weight excluding hydrogens is 250 g/mol. The quantitative estimate of drug-likeness (QED) is 0.834. The van der Waals surface area contributed by atoms with Crippen LogP contribution in [0.5, 0.6) is 0 Å². The van der Waals surface area contributed by atoms with Gasteiger partial charge in [-0.25, -0.2) is 0 Å². The second-order valence-corrected chi connectivity index (χ2v) is 6.79. The molecule has 0 saturated carbocycles. The normalized spacial score (nSPS) is 37.2. The minimum absolute atomic E-state index is 0.209. The van der Waals surface area contributed by atoms with E-state index < -0.39 is 0 Å². The molecular formula is C16H33N3O. The van der Waals surface area contributed by atoms with Gasteiger partial charge in [0.1, 0.15) is 0 Å². The molecule has 2 rings (SSSR count). The van der Waals surface area contributed by atoms with E-state index in [2.05, 4.69) is 30.7 Å². The maximum atomic E-state index is 6.22. The van der Waals surface area contributed by atoms with Crippen LogP contribution in [0.2, 0.25) is 0 Å². The third kappa shape index (κ3) is 3.53. The largest absolute Gasteiger partial charge is 0.377 e. The summed E-state index contributed by atoms with van der Waals surface area (Å²) in [6, 6.07) is 0.629. The highest BCUT2D eigenvalue weighted by molar-refractivity contribution is 5.00. The highest BCUT2D eigenvalue weighted by Crippen LogP contribution is 2.33. The van der Waals surface area contributed by atoms with Gasteiger partial charge in [-0.3, -0.25) is 4.90 Å². The molecule has 0 spiro atoms. The van der Waals surface area contributed by atoms with Gasteiger partial charge in [-0.2, -0.15) is 0 Å². The van der Waals surface area contributed by atoms with Gasteiger partial charge in [0.25, 0.3) is 0 Å². The minimum atomic E-state index is 0.209. The van der Waals surface area contributed by atoms with Gasteiger partial charge >= 0.3 is 0 Å². The molecule has 118 valence electrons. The van der Waals surface area contributed by atoms with E-state index in [9.17, 15) is 0 Å². The summed E-state index contributed by atoms with van der Waals surface area (Å²) in [4.78, 5) is 5.11. The summed E-state index contributed by atoms with van der Waals surface area (Å²) in [6.07, 6.45) is 6.39. The number of likely N-dealkylation sites (tertiary alicyclic amines) is 2. The maximum absolute atomic E-state index is 6.22. The van der Waals surface area contributed by atoms with Crippen molar-refractivity contribution in [3.8, 4) is 0 Å². The van der Waals surface area contributed by atoms with Gasteiger partial charge in [0.15, 0.2) is 0 Å². The zero-order valence-electron chi connectivity index (χ0n) is 13.6. The molecule has 20 heavy (non-hydrogen) atoms. The molecule has 0 radical (unpaired) electrons. The van der Waals surface area contributed by atoms with Crippen molar-refractivity contribution in [3.63, 3.8) is 0 Å². The first-order chi connectivity index (χ1) is 9.61. The number of nitrogens with two attached hydrogens (primary N) is 1. The molecule has 2 heterocycles. The second-order valence-electron chi connectivity index (χ2n) is 6.79.